The molecule has 0 aliphatic rings. The van der Waals surface area contributed by atoms with Gasteiger partial charge in [-0.15, -0.1) is 0 Å². The first-order chi connectivity index (χ1) is 8.59. The van der Waals surface area contributed by atoms with Crippen LogP contribution in [0.1, 0.15) is 18.5 Å². The van der Waals surface area contributed by atoms with Gasteiger partial charge in [0.15, 0.2) is 0 Å². The molecule has 3 nitrogen and oxygen atoms in total. The van der Waals surface area contributed by atoms with E-state index in [4.69, 9.17) is 0 Å². The normalized spacial score (nSPS) is 12.1. The molecule has 2 aromatic carbocycles. The van der Waals surface area contributed by atoms with Gasteiger partial charge in [0.25, 0.3) is 0 Å². The first-order valence-electron chi connectivity index (χ1n) is 5.61. The highest BCUT2D eigenvalue weighted by atomic mass is 79.9. The average Bonchev–Trinajstić information content (AvgIpc) is 2.32. The number of hydrogen-bond donors (Lipinski definition) is 3. The molecule has 1 atom stereocenters. The van der Waals surface area contributed by atoms with Crippen LogP contribution in [0.4, 0.5) is 5.69 Å². The third-order valence-corrected chi connectivity index (χ3v) is 3.43. The summed E-state index contributed by atoms with van der Waals surface area (Å²) in [4.78, 5) is 0. The number of para-hydroxylation sites is 1. The number of aromatic hydroxyl groups is 2. The van der Waals surface area contributed by atoms with Crippen molar-refractivity contribution in [3.63, 3.8) is 0 Å². The first-order valence-corrected chi connectivity index (χ1v) is 6.41. The Morgan fingerprint density at radius 2 is 1.61 bits per heavy atom. The summed E-state index contributed by atoms with van der Waals surface area (Å²) in [5.74, 6) is 0.170. The van der Waals surface area contributed by atoms with Crippen LogP contribution in [0.5, 0.6) is 11.5 Å². The van der Waals surface area contributed by atoms with Crippen molar-refractivity contribution in [3.05, 3.63) is 52.5 Å². The largest absolute Gasteiger partial charge is 0.507 e. The monoisotopic (exact) mass is 307 g/mol. The van der Waals surface area contributed by atoms with E-state index in [0.29, 0.717) is 5.56 Å². The highest BCUT2D eigenvalue weighted by molar-refractivity contribution is 9.10. The topological polar surface area (TPSA) is 52.5 Å². The molecule has 0 radical (unpaired) electrons. The Hall–Kier alpha value is -1.68. The van der Waals surface area contributed by atoms with Crippen LogP contribution in [-0.2, 0) is 0 Å². The molecule has 4 heteroatoms. The van der Waals surface area contributed by atoms with E-state index in [2.05, 4.69) is 21.2 Å². The van der Waals surface area contributed by atoms with Crippen LogP contribution >= 0.6 is 15.9 Å². The van der Waals surface area contributed by atoms with Crippen molar-refractivity contribution < 1.29 is 10.2 Å². The lowest BCUT2D eigenvalue weighted by molar-refractivity contribution is 0.434. The molecule has 0 spiro atoms. The number of nitrogens with one attached hydrogen (secondary N) is 1. The van der Waals surface area contributed by atoms with Crippen LogP contribution in [0.25, 0.3) is 0 Å². The first kappa shape index (κ1) is 12.8. The number of anilines is 1. The van der Waals surface area contributed by atoms with Crippen LogP contribution in [0.3, 0.4) is 0 Å². The number of hydrogen-bond acceptors (Lipinski definition) is 3. The highest BCUT2D eigenvalue weighted by Gasteiger charge is 2.15. The van der Waals surface area contributed by atoms with Crippen molar-refractivity contribution in [2.45, 2.75) is 13.0 Å². The van der Waals surface area contributed by atoms with Gasteiger partial charge in [-0.3, -0.25) is 0 Å². The Balaban J connectivity index is 2.28. The van der Waals surface area contributed by atoms with Crippen molar-refractivity contribution in [1.29, 1.82) is 0 Å². The molecule has 18 heavy (non-hydrogen) atoms. The van der Waals surface area contributed by atoms with Crippen molar-refractivity contribution >= 4 is 21.6 Å². The maximum absolute atomic E-state index is 9.80. The molecule has 0 aliphatic heterocycles. The predicted molar refractivity (Wildman–Crippen MR) is 76.0 cm³/mol. The second kappa shape index (κ2) is 5.31. The van der Waals surface area contributed by atoms with Gasteiger partial charge >= 0.3 is 0 Å². The van der Waals surface area contributed by atoms with Crippen LogP contribution in [0, 0.1) is 0 Å². The Kier molecular flexibility index (Phi) is 3.77. The van der Waals surface area contributed by atoms with Crippen LogP contribution in [-0.4, -0.2) is 10.2 Å². The lowest BCUT2D eigenvalue weighted by Crippen LogP contribution is -2.07. The van der Waals surface area contributed by atoms with E-state index >= 15 is 0 Å². The maximum Gasteiger partial charge on any atom is 0.124 e. The highest BCUT2D eigenvalue weighted by Crippen LogP contribution is 2.35. The molecule has 94 valence electrons. The Labute approximate surface area is 114 Å². The van der Waals surface area contributed by atoms with Gasteiger partial charge < -0.3 is 15.5 Å². The molecule has 0 saturated heterocycles. The molecular weight excluding hydrogens is 294 g/mol. The van der Waals surface area contributed by atoms with Crippen molar-refractivity contribution in [1.82, 2.24) is 0 Å². The van der Waals surface area contributed by atoms with Gasteiger partial charge in [-0.25, -0.2) is 0 Å². The summed E-state index contributed by atoms with van der Waals surface area (Å²) in [7, 11) is 0. The molecule has 0 heterocycles. The molecule has 0 amide bonds. The SMILES string of the molecule is CC(Nc1ccccc1Br)c1c(O)cccc1O. The van der Waals surface area contributed by atoms with Gasteiger partial charge in [0.05, 0.1) is 11.6 Å². The second-order valence-corrected chi connectivity index (χ2v) is 4.91. The van der Waals surface area contributed by atoms with Crippen molar-refractivity contribution in [3.8, 4) is 11.5 Å². The number of phenolic OH excluding ortho intramolecular Hbond substituents is 2. The zero-order chi connectivity index (χ0) is 13.1. The van der Waals surface area contributed by atoms with Gasteiger partial charge in [-0.05, 0) is 47.1 Å². The van der Waals surface area contributed by atoms with Crippen molar-refractivity contribution in [2.75, 3.05) is 5.32 Å². The molecule has 1 unspecified atom stereocenters. The quantitative estimate of drug-likeness (QED) is 0.802. The lowest BCUT2D eigenvalue weighted by atomic mass is 10.1. The van der Waals surface area contributed by atoms with E-state index < -0.39 is 0 Å². The maximum atomic E-state index is 9.80. The summed E-state index contributed by atoms with van der Waals surface area (Å²) in [5, 5.41) is 22.8. The Bertz CT molecular complexity index is 537. The minimum absolute atomic E-state index is 0.0852. The second-order valence-electron chi connectivity index (χ2n) is 4.06. The fraction of sp³-hybridized carbons (Fsp3) is 0.143. The summed E-state index contributed by atoms with van der Waals surface area (Å²) in [6.07, 6.45) is 0. The standard InChI is InChI=1S/C14H14BrNO2/c1-9(14-12(17)7-4-8-13(14)18)16-11-6-3-2-5-10(11)15/h2-9,16-18H,1H3. The zero-order valence-corrected chi connectivity index (χ0v) is 11.5. The Morgan fingerprint density at radius 3 is 2.22 bits per heavy atom. The molecule has 0 fully saturated rings. The Morgan fingerprint density at radius 1 is 1.00 bits per heavy atom. The zero-order valence-electron chi connectivity index (χ0n) is 9.89. The van der Waals surface area contributed by atoms with Gasteiger partial charge in [0.1, 0.15) is 11.5 Å². The van der Waals surface area contributed by atoms with E-state index in [1.165, 1.54) is 0 Å². The van der Waals surface area contributed by atoms with Gasteiger partial charge in [-0.1, -0.05) is 18.2 Å². The molecule has 2 rings (SSSR count). The number of phenols is 2. The van der Waals surface area contributed by atoms with E-state index in [0.717, 1.165) is 10.2 Å². The van der Waals surface area contributed by atoms with E-state index in [1.807, 2.05) is 31.2 Å². The van der Waals surface area contributed by atoms with Crippen LogP contribution in [0.15, 0.2) is 46.9 Å². The van der Waals surface area contributed by atoms with E-state index in [9.17, 15) is 10.2 Å². The van der Waals surface area contributed by atoms with Crippen LogP contribution in [0.2, 0.25) is 0 Å². The van der Waals surface area contributed by atoms with Crippen molar-refractivity contribution in [2.24, 2.45) is 0 Å². The summed E-state index contributed by atoms with van der Waals surface area (Å²) < 4.78 is 0.937. The third kappa shape index (κ3) is 2.59. The smallest absolute Gasteiger partial charge is 0.124 e. The molecule has 2 aromatic rings. The lowest BCUT2D eigenvalue weighted by Gasteiger charge is -2.18. The molecule has 0 saturated carbocycles. The molecule has 0 aliphatic carbocycles. The number of benzene rings is 2. The minimum Gasteiger partial charge on any atom is -0.507 e. The summed E-state index contributed by atoms with van der Waals surface area (Å²) in [6.45, 7) is 1.88. The molecule has 3 N–H and O–H groups in total. The molecule has 0 aromatic heterocycles. The third-order valence-electron chi connectivity index (χ3n) is 2.74. The summed E-state index contributed by atoms with van der Waals surface area (Å²) in [5.41, 5.74) is 1.40. The molecular formula is C14H14BrNO2. The fourth-order valence-corrected chi connectivity index (χ4v) is 2.27. The van der Waals surface area contributed by atoms with E-state index in [1.54, 1.807) is 18.2 Å². The average molecular weight is 308 g/mol. The number of halogens is 1. The van der Waals surface area contributed by atoms with Crippen LogP contribution < -0.4 is 5.32 Å². The number of rotatable bonds is 3. The van der Waals surface area contributed by atoms with Gasteiger partial charge in [0.2, 0.25) is 0 Å². The van der Waals surface area contributed by atoms with Gasteiger partial charge in [-0.2, -0.15) is 0 Å². The summed E-state index contributed by atoms with van der Waals surface area (Å²) in [6, 6.07) is 12.2. The fourth-order valence-electron chi connectivity index (χ4n) is 1.87. The predicted octanol–water partition coefficient (Wildman–Crippen LogP) is 4.03. The van der Waals surface area contributed by atoms with E-state index in [-0.39, 0.29) is 17.5 Å². The minimum atomic E-state index is -0.204. The summed E-state index contributed by atoms with van der Waals surface area (Å²) >= 11 is 3.45. The molecule has 0 bridgehead atoms. The van der Waals surface area contributed by atoms with Gasteiger partial charge in [0, 0.05) is 10.2 Å².